The summed E-state index contributed by atoms with van der Waals surface area (Å²) in [5, 5.41) is 32.9. The van der Waals surface area contributed by atoms with Gasteiger partial charge in [0.05, 0.1) is 17.1 Å². The molecule has 2 aromatic heterocycles. The summed E-state index contributed by atoms with van der Waals surface area (Å²) in [5.41, 5.74) is 14.5. The molecule has 1 saturated heterocycles. The number of ether oxygens (including phenoxy) is 1. The van der Waals surface area contributed by atoms with Gasteiger partial charge < -0.3 is 37.1 Å². The van der Waals surface area contributed by atoms with Crippen LogP contribution in [0.15, 0.2) is 11.5 Å². The van der Waals surface area contributed by atoms with Crippen LogP contribution in [-0.4, -0.2) is 54.1 Å². The smallest absolute Gasteiger partial charge is 0.174 e. The topological polar surface area (TPSA) is 203 Å². The molecule has 0 amide bonds. The van der Waals surface area contributed by atoms with E-state index in [2.05, 4.69) is 20.5 Å². The molecule has 12 nitrogen and oxygen atoms in total. The van der Waals surface area contributed by atoms with Crippen molar-refractivity contribution >= 4 is 28.5 Å². The van der Waals surface area contributed by atoms with Crippen molar-refractivity contribution in [1.29, 1.82) is 0 Å². The fourth-order valence-corrected chi connectivity index (χ4v) is 3.13. The van der Waals surface area contributed by atoms with Crippen LogP contribution in [0.2, 0.25) is 0 Å². The van der Waals surface area contributed by atoms with Crippen LogP contribution in [0, 0.1) is 0 Å². The highest BCUT2D eigenvalue weighted by Gasteiger charge is 2.45. The van der Waals surface area contributed by atoms with E-state index in [-0.39, 0.29) is 34.1 Å². The maximum Gasteiger partial charge on any atom is 0.174 e. The predicted octanol–water partition coefficient (Wildman–Crippen LogP) is -1.58. The Bertz CT molecular complexity index is 822. The van der Waals surface area contributed by atoms with Crippen molar-refractivity contribution in [1.82, 2.24) is 14.5 Å². The summed E-state index contributed by atoms with van der Waals surface area (Å²) in [7, 11) is 0. The highest BCUT2D eigenvalue weighted by molar-refractivity contribution is 6.15. The summed E-state index contributed by atoms with van der Waals surface area (Å²) in [5.74, 6) is 5.56. The van der Waals surface area contributed by atoms with E-state index in [1.807, 2.05) is 6.92 Å². The molecule has 1 fully saturated rings. The normalized spacial score (nSPS) is 27.1. The summed E-state index contributed by atoms with van der Waals surface area (Å²) >= 11 is 0. The lowest BCUT2D eigenvalue weighted by Crippen LogP contribution is -2.32. The fourth-order valence-electron chi connectivity index (χ4n) is 3.13. The van der Waals surface area contributed by atoms with E-state index in [1.165, 1.54) is 10.9 Å². The van der Waals surface area contributed by atoms with E-state index in [1.54, 1.807) is 0 Å². The molecule has 10 N–H and O–H groups in total. The number of anilines is 2. The summed E-state index contributed by atoms with van der Waals surface area (Å²) < 4.78 is 7.17. The van der Waals surface area contributed by atoms with Gasteiger partial charge in [0.1, 0.15) is 35.8 Å². The van der Waals surface area contributed by atoms with Gasteiger partial charge in [0.25, 0.3) is 0 Å². The summed E-state index contributed by atoms with van der Waals surface area (Å²) in [6, 6.07) is 0. The number of hydrazine groups is 1. The number of amidine groups is 1. The molecule has 1 aliphatic rings. The second kappa shape index (κ2) is 6.33. The zero-order chi connectivity index (χ0) is 18.3. The van der Waals surface area contributed by atoms with Crippen LogP contribution in [-0.2, 0) is 4.74 Å². The van der Waals surface area contributed by atoms with Gasteiger partial charge in [-0.2, -0.15) is 0 Å². The van der Waals surface area contributed by atoms with Gasteiger partial charge in [-0.1, -0.05) is 12.1 Å². The van der Waals surface area contributed by atoms with Gasteiger partial charge in [-0.05, 0) is 6.42 Å². The number of hydrogen-bond acceptors (Lipinski definition) is 10. The number of nitrogens with two attached hydrogens (primary N) is 3. The molecule has 0 bridgehead atoms. The third-order valence-electron chi connectivity index (χ3n) is 4.31. The Hall–Kier alpha value is -2.67. The van der Waals surface area contributed by atoms with Crippen LogP contribution in [0.1, 0.15) is 25.1 Å². The van der Waals surface area contributed by atoms with E-state index in [9.17, 15) is 10.2 Å². The molecule has 0 saturated carbocycles. The standard InChI is InChI=1S/C13H20N8O4/c1-2-4-7(22)8(23)13(25-4)21-11-5(9(14)17-3-18-11)6(10(15)20-24)12(21)19-16/h3-4,7-8,13,19,22-24H,2,16H2,1H3,(H2,15,20)(H2,14,17,18)/t4-,7-,8-,13-/m1/s1. The first-order chi connectivity index (χ1) is 12.0. The maximum atomic E-state index is 10.4. The summed E-state index contributed by atoms with van der Waals surface area (Å²) in [6.07, 6.45) is -2.21. The van der Waals surface area contributed by atoms with Crippen LogP contribution in [0.5, 0.6) is 0 Å². The average Bonchev–Trinajstić information content (AvgIpc) is 3.10. The van der Waals surface area contributed by atoms with Crippen LogP contribution >= 0.6 is 0 Å². The van der Waals surface area contributed by atoms with E-state index >= 15 is 0 Å². The Morgan fingerprint density at radius 2 is 2.12 bits per heavy atom. The Kier molecular flexibility index (Phi) is 4.34. The van der Waals surface area contributed by atoms with Crippen molar-refractivity contribution in [2.24, 2.45) is 16.7 Å². The molecule has 4 atom stereocenters. The number of fused-ring (bicyclic) bond motifs is 1. The number of aliphatic hydroxyl groups excluding tert-OH is 2. The number of nitrogens with zero attached hydrogens (tertiary/aromatic N) is 4. The first kappa shape index (κ1) is 17.2. The highest BCUT2D eigenvalue weighted by atomic mass is 16.6. The van der Waals surface area contributed by atoms with E-state index < -0.39 is 24.5 Å². The second-order valence-electron chi connectivity index (χ2n) is 5.64. The number of nitrogen functional groups attached to an aromatic ring is 2. The van der Waals surface area contributed by atoms with Gasteiger partial charge in [0, 0.05) is 0 Å². The van der Waals surface area contributed by atoms with Crippen LogP contribution in [0.3, 0.4) is 0 Å². The predicted molar refractivity (Wildman–Crippen MR) is 88.5 cm³/mol. The van der Waals surface area contributed by atoms with Crippen LogP contribution in [0.4, 0.5) is 11.6 Å². The largest absolute Gasteiger partial charge is 0.409 e. The van der Waals surface area contributed by atoms with Gasteiger partial charge in [-0.25, -0.2) is 15.8 Å². The molecule has 25 heavy (non-hydrogen) atoms. The molecule has 0 aliphatic carbocycles. The lowest BCUT2D eigenvalue weighted by Gasteiger charge is -2.20. The molecule has 0 unspecified atom stereocenters. The zero-order valence-electron chi connectivity index (χ0n) is 13.4. The number of oxime groups is 1. The number of aromatic nitrogens is 3. The molecule has 0 aromatic carbocycles. The Morgan fingerprint density at radius 3 is 2.68 bits per heavy atom. The third-order valence-corrected chi connectivity index (χ3v) is 4.31. The zero-order valence-corrected chi connectivity index (χ0v) is 13.4. The van der Waals surface area contributed by atoms with E-state index in [0.29, 0.717) is 6.42 Å². The lowest BCUT2D eigenvalue weighted by molar-refractivity contribution is -0.0341. The summed E-state index contributed by atoms with van der Waals surface area (Å²) in [4.78, 5) is 8.06. The Balaban J connectivity index is 2.31. The van der Waals surface area contributed by atoms with Gasteiger partial charge in [-0.15, -0.1) is 0 Å². The minimum atomic E-state index is -1.25. The molecule has 1 aliphatic heterocycles. The number of hydrogen-bond donors (Lipinski definition) is 7. The SMILES string of the molecule is CC[C@H]1O[C@@H](n2c(NN)c(C(N)=NO)c3c(N)ncnc32)[C@H](O)[C@@H]1O. The van der Waals surface area contributed by atoms with E-state index in [0.717, 1.165) is 0 Å². The number of nitrogens with one attached hydrogen (secondary N) is 1. The second-order valence-corrected chi connectivity index (χ2v) is 5.64. The molecular formula is C13H20N8O4. The van der Waals surface area contributed by atoms with Crippen molar-refractivity contribution in [3.63, 3.8) is 0 Å². The Morgan fingerprint density at radius 1 is 1.40 bits per heavy atom. The average molecular weight is 352 g/mol. The molecular weight excluding hydrogens is 332 g/mol. The van der Waals surface area contributed by atoms with Gasteiger partial charge >= 0.3 is 0 Å². The fraction of sp³-hybridized carbons (Fsp3) is 0.462. The monoisotopic (exact) mass is 352 g/mol. The van der Waals surface area contributed by atoms with Crippen molar-refractivity contribution < 1.29 is 20.2 Å². The van der Waals surface area contributed by atoms with Gasteiger partial charge in [-0.3, -0.25) is 4.57 Å². The third kappa shape index (κ3) is 2.42. The molecule has 0 spiro atoms. The highest BCUT2D eigenvalue weighted by Crippen LogP contribution is 2.39. The molecule has 3 heterocycles. The lowest BCUT2D eigenvalue weighted by atomic mass is 10.1. The number of rotatable bonds is 4. The molecule has 12 heteroatoms. The van der Waals surface area contributed by atoms with Crippen LogP contribution in [0.25, 0.3) is 11.0 Å². The van der Waals surface area contributed by atoms with Crippen molar-refractivity contribution in [3.05, 3.63) is 11.9 Å². The Labute approximate surface area is 141 Å². The molecule has 0 radical (unpaired) electrons. The quantitative estimate of drug-likeness (QED) is 0.111. The number of aliphatic hydroxyl groups is 2. The minimum Gasteiger partial charge on any atom is -0.409 e. The van der Waals surface area contributed by atoms with Gasteiger partial charge in [0.15, 0.2) is 12.1 Å². The maximum absolute atomic E-state index is 10.4. The van der Waals surface area contributed by atoms with Crippen molar-refractivity contribution in [2.45, 2.75) is 37.9 Å². The van der Waals surface area contributed by atoms with Crippen molar-refractivity contribution in [2.75, 3.05) is 11.2 Å². The summed E-state index contributed by atoms with van der Waals surface area (Å²) in [6.45, 7) is 1.82. The van der Waals surface area contributed by atoms with E-state index in [4.69, 9.17) is 27.3 Å². The van der Waals surface area contributed by atoms with Gasteiger partial charge in [0.2, 0.25) is 0 Å². The first-order valence-corrected chi connectivity index (χ1v) is 7.56. The minimum absolute atomic E-state index is 0.0712. The molecule has 136 valence electrons. The first-order valence-electron chi connectivity index (χ1n) is 7.56. The van der Waals surface area contributed by atoms with Crippen molar-refractivity contribution in [3.8, 4) is 0 Å². The molecule has 2 aromatic rings. The van der Waals surface area contributed by atoms with Crippen LogP contribution < -0.4 is 22.7 Å². The molecule has 3 rings (SSSR count).